The average Bonchev–Trinajstić information content (AvgIpc) is 2.68. The fourth-order valence-corrected chi connectivity index (χ4v) is 3.97. The maximum absolute atomic E-state index is 8.49. The van der Waals surface area contributed by atoms with Crippen LogP contribution in [0.15, 0.2) is 0 Å². The molecule has 1 saturated heterocycles. The first-order chi connectivity index (χ1) is 15.7. The van der Waals surface area contributed by atoms with E-state index in [0.717, 1.165) is 0 Å². The molecule has 1 aliphatic heterocycles. The van der Waals surface area contributed by atoms with Crippen molar-refractivity contribution < 1.29 is 74.2 Å². The van der Waals surface area contributed by atoms with Crippen molar-refractivity contribution in [3.63, 3.8) is 0 Å². The van der Waals surface area contributed by atoms with Crippen molar-refractivity contribution in [1.29, 1.82) is 0 Å². The molecule has 0 saturated carbocycles. The third kappa shape index (κ3) is 39.9. The summed E-state index contributed by atoms with van der Waals surface area (Å²) >= 11 is 3.94. The number of likely N-dealkylation sites (N-methyl/N-ethyl adjacent to an activating group) is 2. The van der Waals surface area contributed by atoms with Crippen molar-refractivity contribution in [3.05, 3.63) is 0 Å². The van der Waals surface area contributed by atoms with Gasteiger partial charge in [-0.15, -0.1) is 20.5 Å². The fraction of sp³-hybridized carbons (Fsp3) is 1.00. The van der Waals surface area contributed by atoms with Crippen LogP contribution in [0.2, 0.25) is 0 Å². The van der Waals surface area contributed by atoms with Gasteiger partial charge in [-0.3, -0.25) is 0 Å². The summed E-state index contributed by atoms with van der Waals surface area (Å²) in [4.78, 5) is 10.4. The van der Waals surface area contributed by atoms with E-state index in [0.29, 0.717) is 0 Å². The summed E-state index contributed by atoms with van der Waals surface area (Å²) in [5.74, 6) is 2.51. The molecule has 0 radical (unpaired) electrons. The average molecular weight is 634 g/mol. The van der Waals surface area contributed by atoms with Crippen molar-refractivity contribution in [3.8, 4) is 0 Å². The first-order valence-electron chi connectivity index (χ1n) is 10.7. The molecule has 0 aliphatic carbocycles. The Morgan fingerprint density at radius 1 is 0.543 bits per heavy atom. The van der Waals surface area contributed by atoms with Crippen LogP contribution in [0.5, 0.6) is 0 Å². The van der Waals surface area contributed by atoms with Crippen molar-refractivity contribution in [2.45, 2.75) is 12.8 Å². The van der Waals surface area contributed by atoms with Crippen LogP contribution in [0.25, 0.3) is 0 Å². The predicted octanol–water partition coefficient (Wildman–Crippen LogP) is -7.54. The molecule has 0 N–H and O–H groups in total. The quantitative estimate of drug-likeness (QED) is 0.250. The van der Waals surface area contributed by atoms with Gasteiger partial charge >= 0.3 is 16.5 Å². The van der Waals surface area contributed by atoms with Gasteiger partial charge in [0.25, 0.3) is 0 Å². The first kappa shape index (κ1) is 40.8. The van der Waals surface area contributed by atoms with Crippen LogP contribution in [0, 0.1) is 20.5 Å². The molecule has 17 heteroatoms. The summed E-state index contributed by atoms with van der Waals surface area (Å²) in [5.41, 5.74) is 0. The van der Waals surface area contributed by atoms with Crippen LogP contribution < -0.4 is 37.3 Å². The van der Waals surface area contributed by atoms with E-state index in [4.69, 9.17) is 37.3 Å². The van der Waals surface area contributed by atoms with E-state index in [9.17, 15) is 0 Å². The van der Waals surface area contributed by atoms with Crippen LogP contribution in [0.4, 0.5) is 0 Å². The number of rotatable bonds is 6. The van der Waals surface area contributed by atoms with Gasteiger partial charge in [0.2, 0.25) is 0 Å². The molecule has 0 aromatic heterocycles. The Balaban J connectivity index is -0.000000784. The third-order valence-electron chi connectivity index (χ3n) is 4.85. The molecule has 1 rings (SSSR count). The smallest absolute Gasteiger partial charge is 0.305 e. The van der Waals surface area contributed by atoms with Gasteiger partial charge in [0.05, 0.1) is 0 Å². The van der Waals surface area contributed by atoms with E-state index < -0.39 is 20.5 Å². The van der Waals surface area contributed by atoms with Gasteiger partial charge in [-0.2, -0.15) is 23.5 Å². The maximum atomic E-state index is 8.49. The van der Waals surface area contributed by atoms with E-state index in [1.54, 1.807) is 0 Å². The van der Waals surface area contributed by atoms with Gasteiger partial charge in [-0.25, -0.2) is 37.3 Å². The third-order valence-corrected chi connectivity index (χ3v) is 6.03. The molecule has 0 atom stereocenters. The largest absolute Gasteiger partial charge is 2.00 e. The molecular weight excluding hydrogens is 594 g/mol. The predicted molar refractivity (Wildman–Crippen MR) is 114 cm³/mol. The molecule has 0 amide bonds. The Bertz CT molecular complexity index is 425. The van der Waals surface area contributed by atoms with E-state index >= 15 is 0 Å². The van der Waals surface area contributed by atoms with E-state index in [-0.39, 0.29) is 16.5 Å². The minimum absolute atomic E-state index is 0. The Morgan fingerprint density at radius 2 is 0.829 bits per heavy atom. The minimum atomic E-state index is -4.94. The molecule has 1 heterocycles. The van der Waals surface area contributed by atoms with Crippen LogP contribution in [-0.4, -0.2) is 123 Å². The van der Waals surface area contributed by atoms with E-state index in [2.05, 4.69) is 46.2 Å². The molecule has 0 aromatic rings. The maximum Gasteiger partial charge on any atom is 2.00 e. The summed E-state index contributed by atoms with van der Waals surface area (Å²) in [6.07, 6.45) is 7.02. The van der Waals surface area contributed by atoms with Crippen molar-refractivity contribution >= 4 is 23.5 Å². The fourth-order valence-electron chi connectivity index (χ4n) is 3.09. The summed E-state index contributed by atoms with van der Waals surface area (Å²) in [6.45, 7) is 12.3. The summed E-state index contributed by atoms with van der Waals surface area (Å²) in [6, 6.07) is 0. The van der Waals surface area contributed by atoms with Gasteiger partial charge in [0.15, 0.2) is 0 Å². The van der Waals surface area contributed by atoms with Crippen molar-refractivity contribution in [1.82, 2.24) is 19.6 Å². The minimum Gasteiger partial charge on any atom is -0.305 e. The van der Waals surface area contributed by atoms with Crippen LogP contribution in [0.3, 0.4) is 0 Å². The molecule has 0 unspecified atom stereocenters. The number of nitrogens with zero attached hydrogens (tertiary/aromatic N) is 4. The van der Waals surface area contributed by atoms with Crippen LogP contribution in [0.1, 0.15) is 12.8 Å². The normalized spacial score (nSPS) is 18.9. The van der Waals surface area contributed by atoms with E-state index in [1.807, 2.05) is 23.5 Å². The molecule has 1 aliphatic rings. The van der Waals surface area contributed by atoms with E-state index in [1.165, 1.54) is 89.8 Å². The molecule has 1 fully saturated rings. The monoisotopic (exact) mass is 632 g/mol. The topological polar surface area (TPSA) is 197 Å². The van der Waals surface area contributed by atoms with Gasteiger partial charge in [0, 0.05) is 50.8 Å². The molecule has 0 aromatic carbocycles. The number of thioether (sulfide) groups is 2. The van der Waals surface area contributed by atoms with Crippen LogP contribution in [-0.2, 0) is 16.5 Å². The second kappa shape index (κ2) is 24.3. The summed E-state index contributed by atoms with van der Waals surface area (Å²) in [5, 5.41) is 0. The second-order valence-corrected chi connectivity index (χ2v) is 11.2. The molecule has 35 heavy (non-hydrogen) atoms. The Kier molecular flexibility index (Phi) is 28.4. The molecule has 0 bridgehead atoms. The molecular formula is C18H40Cl2N4NiO8S2. The Labute approximate surface area is 233 Å². The molecule has 216 valence electrons. The standard InChI is InChI=1S/C18H40N4S2.2ClHO4.Ni/c1-19-7-5-8-20(2)12-14-22(16-18-24-4)10-6-9-21(13-11-19)15-17-23-3;2*2-1(3,4)5;/h5-18H2,1-4H3;2*(H,2,3,4,5);/q;;;+2/p-2. The van der Waals surface area contributed by atoms with Crippen molar-refractivity contribution in [2.75, 3.05) is 104 Å². The van der Waals surface area contributed by atoms with Gasteiger partial charge in [0.1, 0.15) is 0 Å². The van der Waals surface area contributed by atoms with Gasteiger partial charge in [-0.05, 0) is 65.6 Å². The zero-order chi connectivity index (χ0) is 26.6. The second-order valence-electron chi connectivity index (χ2n) is 7.74. The van der Waals surface area contributed by atoms with Crippen LogP contribution >= 0.6 is 23.5 Å². The first-order valence-corrected chi connectivity index (χ1v) is 15.9. The number of hydrogen-bond donors (Lipinski definition) is 0. The summed E-state index contributed by atoms with van der Waals surface area (Å²) in [7, 11) is -5.33. The number of halogens is 2. The molecule has 0 spiro atoms. The zero-order valence-electron chi connectivity index (χ0n) is 20.8. The zero-order valence-corrected chi connectivity index (χ0v) is 25.0. The van der Waals surface area contributed by atoms with Crippen molar-refractivity contribution in [2.24, 2.45) is 0 Å². The SMILES string of the molecule is CSCCN1CCCN(CCSC)CCN(C)CCCN(C)CC1.[Ni+2].[O-][Cl+3]([O-])([O-])[O-].[O-][Cl+3]([O-])([O-])[O-]. The molecule has 12 nitrogen and oxygen atoms in total. The van der Waals surface area contributed by atoms with Gasteiger partial charge < -0.3 is 19.6 Å². The Hall–Kier alpha value is 1.29. The summed E-state index contributed by atoms with van der Waals surface area (Å²) < 4.78 is 67.9. The Morgan fingerprint density at radius 3 is 1.11 bits per heavy atom. The number of hydrogen-bond acceptors (Lipinski definition) is 14. The van der Waals surface area contributed by atoms with Gasteiger partial charge in [-0.1, -0.05) is 0 Å².